The smallest absolute Gasteiger partial charge is 0.155 e. The number of aliphatic hydroxyl groups is 1. The van der Waals surface area contributed by atoms with Crippen LogP contribution in [-0.2, 0) is 4.79 Å². The second kappa shape index (κ2) is 4.44. The van der Waals surface area contributed by atoms with Crippen molar-refractivity contribution in [2.45, 2.75) is 71.3 Å². The minimum Gasteiger partial charge on any atom is -0.393 e. The molecule has 0 aromatic carbocycles. The zero-order valence-corrected chi connectivity index (χ0v) is 13.4. The lowest BCUT2D eigenvalue weighted by molar-refractivity contribution is -0.118. The molecule has 4 aliphatic rings. The Hall–Kier alpha value is -0.630. The second-order valence-corrected chi connectivity index (χ2v) is 8.61. The van der Waals surface area contributed by atoms with Gasteiger partial charge in [-0.1, -0.05) is 19.4 Å². The zero-order chi connectivity index (χ0) is 14.8. The third kappa shape index (κ3) is 1.78. The first-order valence-electron chi connectivity index (χ1n) is 8.87. The third-order valence-electron chi connectivity index (χ3n) is 7.91. The van der Waals surface area contributed by atoms with Crippen LogP contribution in [0.2, 0.25) is 0 Å². The standard InChI is InChI=1S/C19H28O2/c1-18-9-7-13(20)11-12(18)3-4-14-15-5-6-17(21)19(15,2)10-8-16(14)18/h11,14-17,21H,3-10H2,1-2H3/t14-,15+,16+,17-,18-,19+/m1/s1. The molecule has 2 heteroatoms. The summed E-state index contributed by atoms with van der Waals surface area (Å²) >= 11 is 0. The molecular formula is C19H28O2. The molecule has 0 heterocycles. The average molecular weight is 288 g/mol. The maximum absolute atomic E-state index is 11.8. The molecule has 4 rings (SSSR count). The summed E-state index contributed by atoms with van der Waals surface area (Å²) in [5.41, 5.74) is 1.89. The molecule has 2 nitrogen and oxygen atoms in total. The van der Waals surface area contributed by atoms with Gasteiger partial charge in [-0.2, -0.15) is 0 Å². The molecular weight excluding hydrogens is 260 g/mol. The van der Waals surface area contributed by atoms with E-state index in [2.05, 4.69) is 13.8 Å². The van der Waals surface area contributed by atoms with Crippen LogP contribution in [-0.4, -0.2) is 17.0 Å². The highest BCUT2D eigenvalue weighted by atomic mass is 16.3. The number of ketones is 1. The van der Waals surface area contributed by atoms with Gasteiger partial charge in [0, 0.05) is 6.42 Å². The topological polar surface area (TPSA) is 37.3 Å². The molecule has 6 atom stereocenters. The van der Waals surface area contributed by atoms with E-state index in [1.54, 1.807) is 0 Å². The molecule has 0 bridgehead atoms. The number of fused-ring (bicyclic) bond motifs is 5. The fourth-order valence-electron chi connectivity index (χ4n) is 6.53. The summed E-state index contributed by atoms with van der Waals surface area (Å²) in [5.74, 6) is 2.57. The molecule has 0 aliphatic heterocycles. The highest BCUT2D eigenvalue weighted by molar-refractivity contribution is 5.91. The van der Waals surface area contributed by atoms with Crippen LogP contribution in [0.3, 0.4) is 0 Å². The molecule has 21 heavy (non-hydrogen) atoms. The summed E-state index contributed by atoms with van der Waals surface area (Å²) in [7, 11) is 0. The van der Waals surface area contributed by atoms with Gasteiger partial charge >= 0.3 is 0 Å². The highest BCUT2D eigenvalue weighted by Gasteiger charge is 2.58. The van der Waals surface area contributed by atoms with E-state index >= 15 is 0 Å². The van der Waals surface area contributed by atoms with Crippen molar-refractivity contribution in [3.63, 3.8) is 0 Å². The fourth-order valence-corrected chi connectivity index (χ4v) is 6.53. The molecule has 4 aliphatic carbocycles. The van der Waals surface area contributed by atoms with Gasteiger partial charge in [0.05, 0.1) is 6.10 Å². The van der Waals surface area contributed by atoms with Crippen molar-refractivity contribution in [3.8, 4) is 0 Å². The number of carbonyl (C=O) groups excluding carboxylic acids is 1. The quantitative estimate of drug-likeness (QED) is 0.734. The Balaban J connectivity index is 1.69. The Morgan fingerprint density at radius 1 is 1.05 bits per heavy atom. The summed E-state index contributed by atoms with van der Waals surface area (Å²) in [4.78, 5) is 11.8. The Morgan fingerprint density at radius 2 is 1.86 bits per heavy atom. The van der Waals surface area contributed by atoms with Gasteiger partial charge in [0.1, 0.15) is 0 Å². The Morgan fingerprint density at radius 3 is 2.67 bits per heavy atom. The first kappa shape index (κ1) is 14.0. The average Bonchev–Trinajstić information content (AvgIpc) is 2.76. The predicted octanol–water partition coefficient (Wildman–Crippen LogP) is 3.88. The summed E-state index contributed by atoms with van der Waals surface area (Å²) < 4.78 is 0. The van der Waals surface area contributed by atoms with E-state index in [1.807, 2.05) is 6.08 Å². The lowest BCUT2D eigenvalue weighted by Crippen LogP contribution is -2.51. The number of hydrogen-bond donors (Lipinski definition) is 1. The van der Waals surface area contributed by atoms with E-state index < -0.39 is 0 Å². The van der Waals surface area contributed by atoms with Crippen LogP contribution in [0.4, 0.5) is 0 Å². The molecule has 1 N–H and O–H groups in total. The van der Waals surface area contributed by atoms with Crippen molar-refractivity contribution in [2.24, 2.45) is 28.6 Å². The van der Waals surface area contributed by atoms with Gasteiger partial charge in [0.15, 0.2) is 5.78 Å². The number of carbonyl (C=O) groups is 1. The molecule has 0 aromatic rings. The van der Waals surface area contributed by atoms with Crippen LogP contribution >= 0.6 is 0 Å². The van der Waals surface area contributed by atoms with Crippen molar-refractivity contribution in [1.82, 2.24) is 0 Å². The molecule has 3 fully saturated rings. The van der Waals surface area contributed by atoms with E-state index in [9.17, 15) is 9.90 Å². The van der Waals surface area contributed by atoms with Gasteiger partial charge in [0.2, 0.25) is 0 Å². The van der Waals surface area contributed by atoms with E-state index in [-0.39, 0.29) is 16.9 Å². The molecule has 0 saturated heterocycles. The van der Waals surface area contributed by atoms with Crippen LogP contribution in [0.1, 0.15) is 65.2 Å². The lowest BCUT2D eigenvalue weighted by Gasteiger charge is -2.57. The molecule has 3 saturated carbocycles. The number of allylic oxidation sites excluding steroid dienone is 1. The Bertz CT molecular complexity index is 508. The molecule has 0 unspecified atom stereocenters. The third-order valence-corrected chi connectivity index (χ3v) is 7.91. The molecule has 116 valence electrons. The minimum atomic E-state index is -0.0823. The van der Waals surface area contributed by atoms with Crippen LogP contribution in [0.5, 0.6) is 0 Å². The molecule has 0 amide bonds. The maximum atomic E-state index is 11.8. The first-order valence-corrected chi connectivity index (χ1v) is 8.87. The summed E-state index contributed by atoms with van der Waals surface area (Å²) in [5, 5.41) is 10.4. The van der Waals surface area contributed by atoms with Crippen LogP contribution < -0.4 is 0 Å². The lowest BCUT2D eigenvalue weighted by atomic mass is 9.47. The molecule has 0 radical (unpaired) electrons. The fraction of sp³-hybridized carbons (Fsp3) is 0.842. The van der Waals surface area contributed by atoms with Gasteiger partial charge in [-0.25, -0.2) is 0 Å². The summed E-state index contributed by atoms with van der Waals surface area (Å²) in [6.07, 6.45) is 10.7. The highest BCUT2D eigenvalue weighted by Crippen LogP contribution is 2.65. The van der Waals surface area contributed by atoms with Crippen molar-refractivity contribution >= 4 is 5.78 Å². The number of rotatable bonds is 0. The zero-order valence-electron chi connectivity index (χ0n) is 13.4. The summed E-state index contributed by atoms with van der Waals surface area (Å²) in [6, 6.07) is 0. The van der Waals surface area contributed by atoms with E-state index in [0.29, 0.717) is 11.7 Å². The normalized spacial score (nSPS) is 52.7. The molecule has 0 aromatic heterocycles. The van der Waals surface area contributed by atoms with Gasteiger partial charge in [-0.3, -0.25) is 4.79 Å². The Labute approximate surface area is 128 Å². The van der Waals surface area contributed by atoms with E-state index in [1.165, 1.54) is 31.3 Å². The van der Waals surface area contributed by atoms with Gasteiger partial charge in [-0.15, -0.1) is 0 Å². The second-order valence-electron chi connectivity index (χ2n) is 8.61. The van der Waals surface area contributed by atoms with Gasteiger partial charge in [-0.05, 0) is 79.6 Å². The van der Waals surface area contributed by atoms with Crippen LogP contribution in [0.25, 0.3) is 0 Å². The van der Waals surface area contributed by atoms with Gasteiger partial charge in [0.25, 0.3) is 0 Å². The maximum Gasteiger partial charge on any atom is 0.155 e. The minimum absolute atomic E-state index is 0.0823. The number of hydrogen-bond acceptors (Lipinski definition) is 2. The van der Waals surface area contributed by atoms with Crippen molar-refractivity contribution in [1.29, 1.82) is 0 Å². The van der Waals surface area contributed by atoms with Gasteiger partial charge < -0.3 is 5.11 Å². The number of aliphatic hydroxyl groups excluding tert-OH is 1. The molecule has 0 spiro atoms. The SMILES string of the molecule is C[C@]12CC[C@H]3[C@H](CCC4=CC(=O)CC[C@]43C)[C@@H]1CC[C@H]2O. The van der Waals surface area contributed by atoms with Crippen LogP contribution in [0.15, 0.2) is 11.6 Å². The van der Waals surface area contributed by atoms with Crippen molar-refractivity contribution < 1.29 is 9.90 Å². The first-order chi connectivity index (χ1) is 9.95. The predicted molar refractivity (Wildman–Crippen MR) is 82.7 cm³/mol. The monoisotopic (exact) mass is 288 g/mol. The van der Waals surface area contributed by atoms with Crippen LogP contribution in [0, 0.1) is 28.6 Å². The van der Waals surface area contributed by atoms with E-state index in [4.69, 9.17) is 0 Å². The Kier molecular flexibility index (Phi) is 2.96. The van der Waals surface area contributed by atoms with Crippen molar-refractivity contribution in [2.75, 3.05) is 0 Å². The summed E-state index contributed by atoms with van der Waals surface area (Å²) in [6.45, 7) is 4.76. The van der Waals surface area contributed by atoms with Crippen molar-refractivity contribution in [3.05, 3.63) is 11.6 Å². The van der Waals surface area contributed by atoms with E-state index in [0.717, 1.165) is 37.5 Å². The largest absolute Gasteiger partial charge is 0.393 e.